The molecule has 3 atom stereocenters. The van der Waals surface area contributed by atoms with Crippen LogP contribution in [0.5, 0.6) is 5.75 Å². The maximum atomic E-state index is 13.3. The van der Waals surface area contributed by atoms with E-state index in [2.05, 4.69) is 15.6 Å². The fraction of sp³-hybridized carbons (Fsp3) is 0.385. The summed E-state index contributed by atoms with van der Waals surface area (Å²) >= 11 is 0. The number of hydrogen-bond donors (Lipinski definition) is 3. The molecule has 0 unspecified atom stereocenters. The normalized spacial score (nSPS) is 16.9. The zero-order chi connectivity index (χ0) is 27.2. The molecule has 11 heteroatoms. The molecule has 0 bridgehead atoms. The Morgan fingerprint density at radius 3 is 2.41 bits per heavy atom. The maximum Gasteiger partial charge on any atom is 0.389 e. The molecule has 198 valence electrons. The number of aliphatic imine (C=N–C) groups is 1. The number of benzodiazepines with no additional fused rings is 1. The number of nitrogens with two attached hydrogens (primary N) is 1. The van der Waals surface area contributed by atoms with Crippen LogP contribution in [-0.4, -0.2) is 42.9 Å². The monoisotopic (exact) mass is 518 g/mol. The number of fused-ring (bicyclic) bond motifs is 1. The third kappa shape index (κ3) is 6.87. The van der Waals surface area contributed by atoms with Crippen molar-refractivity contribution in [1.82, 2.24) is 5.32 Å². The van der Waals surface area contributed by atoms with Gasteiger partial charge in [0, 0.05) is 29.4 Å². The number of nitrogens with one attached hydrogen (secondary N) is 2. The highest BCUT2D eigenvalue weighted by molar-refractivity contribution is 6.20. The van der Waals surface area contributed by atoms with Gasteiger partial charge in [0.25, 0.3) is 5.91 Å². The second-order valence-electron chi connectivity index (χ2n) is 8.68. The van der Waals surface area contributed by atoms with E-state index in [4.69, 9.17) is 10.5 Å². The third-order valence-electron chi connectivity index (χ3n) is 6.11. The van der Waals surface area contributed by atoms with E-state index >= 15 is 0 Å². The predicted octanol–water partition coefficient (Wildman–Crippen LogP) is 3.79. The van der Waals surface area contributed by atoms with Crippen LogP contribution in [0.3, 0.4) is 0 Å². The van der Waals surface area contributed by atoms with Gasteiger partial charge in [-0.3, -0.25) is 14.4 Å². The lowest BCUT2D eigenvalue weighted by molar-refractivity contribution is -0.145. The molecule has 1 aliphatic rings. The summed E-state index contributed by atoms with van der Waals surface area (Å²) in [4.78, 5) is 43.1. The summed E-state index contributed by atoms with van der Waals surface area (Å²) in [6.07, 6.45) is -7.31. The number of benzene rings is 2. The van der Waals surface area contributed by atoms with Gasteiger partial charge < -0.3 is 21.1 Å². The van der Waals surface area contributed by atoms with Crippen LogP contribution in [0.1, 0.15) is 43.7 Å². The summed E-state index contributed by atoms with van der Waals surface area (Å²) in [6, 6.07) is 14.1. The Kier molecular flexibility index (Phi) is 8.90. The van der Waals surface area contributed by atoms with Crippen LogP contribution >= 0.6 is 0 Å². The van der Waals surface area contributed by atoms with E-state index in [0.717, 1.165) is 0 Å². The summed E-state index contributed by atoms with van der Waals surface area (Å²) < 4.78 is 44.0. The minimum atomic E-state index is -4.51. The smallest absolute Gasteiger partial charge is 0.389 e. The summed E-state index contributed by atoms with van der Waals surface area (Å²) in [5, 5.41) is 5.26. The van der Waals surface area contributed by atoms with Gasteiger partial charge in [0.2, 0.25) is 18.0 Å². The second-order valence-corrected chi connectivity index (χ2v) is 8.68. The number of primary amides is 1. The number of hydrogen-bond acceptors (Lipinski definition) is 5. The largest absolute Gasteiger partial charge is 0.495 e. The van der Waals surface area contributed by atoms with E-state index in [1.165, 1.54) is 7.11 Å². The molecular weight excluding hydrogens is 489 g/mol. The van der Waals surface area contributed by atoms with E-state index in [0.29, 0.717) is 34.7 Å². The fourth-order valence-electron chi connectivity index (χ4n) is 4.33. The van der Waals surface area contributed by atoms with E-state index in [-0.39, 0.29) is 6.42 Å². The first-order chi connectivity index (χ1) is 17.6. The topological polar surface area (TPSA) is 123 Å². The first-order valence-electron chi connectivity index (χ1n) is 11.8. The fourth-order valence-corrected chi connectivity index (χ4v) is 4.33. The molecular formula is C26H29F3N4O4. The lowest BCUT2D eigenvalue weighted by atomic mass is 9.83. The molecule has 0 spiro atoms. The number of methoxy groups -OCH3 is 1. The molecule has 0 saturated carbocycles. The Morgan fingerprint density at radius 1 is 1.11 bits per heavy atom. The molecule has 0 fully saturated rings. The van der Waals surface area contributed by atoms with Crippen molar-refractivity contribution in [2.75, 3.05) is 12.4 Å². The number of rotatable bonds is 10. The summed E-state index contributed by atoms with van der Waals surface area (Å²) in [7, 11) is 1.45. The molecule has 0 aromatic heterocycles. The van der Waals surface area contributed by atoms with Crippen LogP contribution in [-0.2, 0) is 14.4 Å². The van der Waals surface area contributed by atoms with Crippen LogP contribution in [0, 0.1) is 11.8 Å². The molecule has 8 nitrogen and oxygen atoms in total. The molecule has 3 amide bonds. The van der Waals surface area contributed by atoms with Crippen molar-refractivity contribution in [1.29, 1.82) is 0 Å². The van der Waals surface area contributed by atoms with Gasteiger partial charge in [0.05, 0.1) is 18.5 Å². The zero-order valence-corrected chi connectivity index (χ0v) is 20.5. The van der Waals surface area contributed by atoms with Gasteiger partial charge in [-0.1, -0.05) is 55.8 Å². The number of halogens is 3. The first kappa shape index (κ1) is 27.7. The molecule has 37 heavy (non-hydrogen) atoms. The number of anilines is 1. The van der Waals surface area contributed by atoms with Crippen molar-refractivity contribution in [3.63, 3.8) is 0 Å². The van der Waals surface area contributed by atoms with Crippen LogP contribution < -0.4 is 21.1 Å². The SMILES string of the molecule is CCC[C@H](C(=O)N[C@H]1N=C(c2ccccc2)c2cccc(OC)c2NC1=O)[C@@H](CCC(F)(F)F)C(N)=O. The first-order valence-corrected chi connectivity index (χ1v) is 11.8. The Hall–Kier alpha value is -3.89. The molecule has 0 radical (unpaired) electrons. The molecule has 3 rings (SSSR count). The van der Waals surface area contributed by atoms with Gasteiger partial charge >= 0.3 is 6.18 Å². The van der Waals surface area contributed by atoms with Crippen LogP contribution in [0.15, 0.2) is 53.5 Å². The Labute approximate surface area is 212 Å². The van der Waals surface area contributed by atoms with Gasteiger partial charge in [0.1, 0.15) is 5.75 Å². The standard InChI is InChI=1S/C26H29F3N4O4/c1-3-8-17(16(22(30)34)13-14-26(27,28)29)24(35)33-23-25(36)32-21-18(11-7-12-19(21)37-2)20(31-23)15-9-5-4-6-10-15/h4-7,9-12,16-17,23H,3,8,13-14H2,1-2H3,(H2,30,34)(H,32,36)(H,33,35)/t16-,17+,23-/m1/s1. The summed E-state index contributed by atoms with van der Waals surface area (Å²) in [5.74, 6) is -4.59. The number of alkyl halides is 3. The van der Waals surface area contributed by atoms with E-state index in [9.17, 15) is 27.6 Å². The molecule has 0 saturated heterocycles. The zero-order valence-electron chi connectivity index (χ0n) is 20.5. The van der Waals surface area contributed by atoms with Crippen molar-refractivity contribution in [3.05, 3.63) is 59.7 Å². The van der Waals surface area contributed by atoms with Crippen molar-refractivity contribution >= 4 is 29.1 Å². The van der Waals surface area contributed by atoms with Gasteiger partial charge in [0.15, 0.2) is 0 Å². The third-order valence-corrected chi connectivity index (χ3v) is 6.11. The molecule has 4 N–H and O–H groups in total. The molecule has 1 aliphatic heterocycles. The van der Waals surface area contributed by atoms with Gasteiger partial charge in [-0.2, -0.15) is 13.2 Å². The number of carbonyl (C=O) groups is 3. The molecule has 2 aromatic rings. The highest BCUT2D eigenvalue weighted by Gasteiger charge is 2.38. The van der Waals surface area contributed by atoms with Crippen molar-refractivity contribution in [2.24, 2.45) is 22.6 Å². The maximum absolute atomic E-state index is 13.3. The van der Waals surface area contributed by atoms with E-state index in [1.807, 2.05) is 6.07 Å². The molecule has 2 aromatic carbocycles. The van der Waals surface area contributed by atoms with E-state index in [1.54, 1.807) is 49.4 Å². The van der Waals surface area contributed by atoms with Crippen molar-refractivity contribution in [2.45, 2.75) is 44.9 Å². The van der Waals surface area contributed by atoms with Gasteiger partial charge in [-0.05, 0) is 18.9 Å². The highest BCUT2D eigenvalue weighted by atomic mass is 19.4. The molecule has 1 heterocycles. The van der Waals surface area contributed by atoms with Crippen LogP contribution in [0.4, 0.5) is 18.9 Å². The minimum absolute atomic E-state index is 0.106. The quantitative estimate of drug-likeness (QED) is 0.443. The highest BCUT2D eigenvalue weighted by Crippen LogP contribution is 2.33. The Morgan fingerprint density at radius 2 is 1.81 bits per heavy atom. The van der Waals surface area contributed by atoms with Crippen molar-refractivity contribution < 1.29 is 32.3 Å². The molecule has 0 aliphatic carbocycles. The van der Waals surface area contributed by atoms with E-state index < -0.39 is 54.7 Å². The predicted molar refractivity (Wildman–Crippen MR) is 132 cm³/mol. The van der Waals surface area contributed by atoms with Gasteiger partial charge in [-0.15, -0.1) is 0 Å². The number of para-hydroxylation sites is 1. The lowest BCUT2D eigenvalue weighted by Gasteiger charge is -2.25. The Balaban J connectivity index is 1.98. The summed E-state index contributed by atoms with van der Waals surface area (Å²) in [5.41, 5.74) is 7.38. The number of carbonyl (C=O) groups excluding carboxylic acids is 3. The summed E-state index contributed by atoms with van der Waals surface area (Å²) in [6.45, 7) is 1.73. The number of amides is 3. The van der Waals surface area contributed by atoms with Crippen LogP contribution in [0.25, 0.3) is 0 Å². The lowest BCUT2D eigenvalue weighted by Crippen LogP contribution is -2.48. The van der Waals surface area contributed by atoms with Crippen LogP contribution in [0.2, 0.25) is 0 Å². The van der Waals surface area contributed by atoms with Crippen molar-refractivity contribution in [3.8, 4) is 5.75 Å². The Bertz CT molecular complexity index is 1170. The number of ether oxygens (including phenoxy) is 1. The average Bonchev–Trinajstić information content (AvgIpc) is 2.99. The second kappa shape index (κ2) is 11.9. The minimum Gasteiger partial charge on any atom is -0.495 e. The van der Waals surface area contributed by atoms with Gasteiger partial charge in [-0.25, -0.2) is 4.99 Å². The average molecular weight is 519 g/mol. The number of nitrogens with zero attached hydrogens (tertiary/aromatic N) is 1.